The van der Waals surface area contributed by atoms with Crippen LogP contribution in [-0.4, -0.2) is 52.1 Å². The Labute approximate surface area is 196 Å². The number of nitrogens with zero attached hydrogens (tertiary/aromatic N) is 2. The third kappa shape index (κ3) is 5.70. The van der Waals surface area contributed by atoms with E-state index in [2.05, 4.69) is 5.32 Å². The van der Waals surface area contributed by atoms with E-state index in [9.17, 15) is 19.2 Å². The maximum absolute atomic E-state index is 13.4. The minimum absolute atomic E-state index is 0.00161. The summed E-state index contributed by atoms with van der Waals surface area (Å²) in [5.41, 5.74) is 2.01. The molecular weight excluding hydrogens is 418 g/mol. The fraction of sp³-hybridized carbons (Fsp3) is 0.538. The molecule has 0 spiro atoms. The largest absolute Gasteiger partial charge is 0.352 e. The van der Waals surface area contributed by atoms with Gasteiger partial charge in [0.15, 0.2) is 0 Å². The zero-order valence-electron chi connectivity index (χ0n) is 20.0. The van der Waals surface area contributed by atoms with Crippen molar-refractivity contribution in [1.82, 2.24) is 15.1 Å². The van der Waals surface area contributed by atoms with Gasteiger partial charge >= 0.3 is 0 Å². The number of carbonyl (C=O) groups excluding carboxylic acids is 4. The third-order valence-electron chi connectivity index (χ3n) is 6.40. The van der Waals surface area contributed by atoms with Crippen LogP contribution in [0.25, 0.3) is 0 Å². The van der Waals surface area contributed by atoms with Crippen LogP contribution in [0.15, 0.2) is 36.4 Å². The van der Waals surface area contributed by atoms with Gasteiger partial charge in [-0.25, -0.2) is 0 Å². The Morgan fingerprint density at radius 3 is 2.30 bits per heavy atom. The van der Waals surface area contributed by atoms with Crippen LogP contribution in [0.3, 0.4) is 0 Å². The van der Waals surface area contributed by atoms with Crippen molar-refractivity contribution in [1.29, 1.82) is 0 Å². The van der Waals surface area contributed by atoms with Crippen LogP contribution in [0.1, 0.15) is 57.6 Å². The van der Waals surface area contributed by atoms with Crippen LogP contribution < -0.4 is 5.32 Å². The number of aryl methyl sites for hydroxylation is 1. The molecule has 1 aromatic rings. The lowest BCUT2D eigenvalue weighted by Gasteiger charge is -2.31. The Kier molecular flexibility index (Phi) is 8.06. The average molecular weight is 454 g/mol. The monoisotopic (exact) mass is 453 g/mol. The van der Waals surface area contributed by atoms with Crippen molar-refractivity contribution < 1.29 is 19.2 Å². The first-order chi connectivity index (χ1) is 15.7. The summed E-state index contributed by atoms with van der Waals surface area (Å²) in [6.45, 7) is 7.98. The molecule has 0 saturated carbocycles. The molecule has 178 valence electrons. The van der Waals surface area contributed by atoms with E-state index in [1.54, 1.807) is 4.90 Å². The highest BCUT2D eigenvalue weighted by Gasteiger charge is 2.47. The summed E-state index contributed by atoms with van der Waals surface area (Å²) in [5.74, 6) is -1.41. The van der Waals surface area contributed by atoms with Crippen molar-refractivity contribution in [2.75, 3.05) is 6.54 Å². The molecule has 2 aliphatic rings. The van der Waals surface area contributed by atoms with E-state index in [1.807, 2.05) is 64.1 Å². The molecule has 1 unspecified atom stereocenters. The van der Waals surface area contributed by atoms with Crippen molar-refractivity contribution in [2.45, 2.75) is 72.0 Å². The number of nitrogens with one attached hydrogen (secondary N) is 1. The van der Waals surface area contributed by atoms with E-state index in [-0.39, 0.29) is 54.5 Å². The first-order valence-electron chi connectivity index (χ1n) is 11.9. The third-order valence-corrected chi connectivity index (χ3v) is 6.40. The number of benzene rings is 1. The summed E-state index contributed by atoms with van der Waals surface area (Å²) in [6, 6.07) is 7.18. The number of allylic oxidation sites excluding steroid dienone is 2. The summed E-state index contributed by atoms with van der Waals surface area (Å²) >= 11 is 0. The normalized spacial score (nSPS) is 20.7. The maximum atomic E-state index is 13.4. The van der Waals surface area contributed by atoms with Crippen LogP contribution in [0.5, 0.6) is 0 Å². The van der Waals surface area contributed by atoms with Crippen molar-refractivity contribution in [3.05, 3.63) is 47.5 Å². The summed E-state index contributed by atoms with van der Waals surface area (Å²) in [6.07, 6.45) is 5.52. The van der Waals surface area contributed by atoms with E-state index in [0.29, 0.717) is 25.8 Å². The summed E-state index contributed by atoms with van der Waals surface area (Å²) in [7, 11) is 0. The van der Waals surface area contributed by atoms with E-state index in [0.717, 1.165) is 11.1 Å². The fourth-order valence-electron chi connectivity index (χ4n) is 4.75. The Morgan fingerprint density at radius 1 is 1.12 bits per heavy atom. The van der Waals surface area contributed by atoms with Gasteiger partial charge in [0.25, 0.3) is 0 Å². The molecule has 1 saturated heterocycles. The first kappa shape index (κ1) is 24.7. The molecular formula is C26H35N3O4. The number of hydrogen-bond donors (Lipinski definition) is 1. The summed E-state index contributed by atoms with van der Waals surface area (Å²) in [4.78, 5) is 54.6. The Hall–Kier alpha value is -2.96. The molecule has 7 heteroatoms. The molecule has 1 aliphatic carbocycles. The predicted molar refractivity (Wildman–Crippen MR) is 126 cm³/mol. The molecule has 0 aromatic heterocycles. The van der Waals surface area contributed by atoms with E-state index < -0.39 is 6.04 Å². The van der Waals surface area contributed by atoms with Gasteiger partial charge in [0, 0.05) is 25.6 Å². The molecule has 33 heavy (non-hydrogen) atoms. The number of carbonyl (C=O) groups is 4. The molecule has 3 atom stereocenters. The highest BCUT2D eigenvalue weighted by atomic mass is 16.2. The van der Waals surface area contributed by atoms with Gasteiger partial charge in [0.05, 0.1) is 11.8 Å². The SMILES string of the molecule is CCC(C(=O)NC(C)C)N(Cc1cccc(C)c1)C(=O)CCN1C(=O)[C@H]2CC=CC[C@H]2C1=O. The summed E-state index contributed by atoms with van der Waals surface area (Å²) < 4.78 is 0. The molecule has 1 aliphatic heterocycles. The molecule has 1 aromatic carbocycles. The molecule has 4 amide bonds. The van der Waals surface area contributed by atoms with E-state index >= 15 is 0 Å². The standard InChI is InChI=1S/C26H35N3O4/c1-5-22(24(31)27-17(2)3)29(16-19-10-8-9-18(4)15-19)23(30)13-14-28-25(32)20-11-6-7-12-21(20)26(28)33/h6-10,15,17,20-22H,5,11-14,16H2,1-4H3,(H,27,31)/t20-,21+,22?. The number of imide groups is 1. The second kappa shape index (κ2) is 10.8. The van der Waals surface area contributed by atoms with Crippen molar-refractivity contribution in [3.8, 4) is 0 Å². The zero-order valence-corrected chi connectivity index (χ0v) is 20.0. The Balaban J connectivity index is 1.76. The Morgan fingerprint density at radius 2 is 1.76 bits per heavy atom. The van der Waals surface area contributed by atoms with Gasteiger partial charge in [-0.2, -0.15) is 0 Å². The van der Waals surface area contributed by atoms with Gasteiger partial charge in [0.1, 0.15) is 6.04 Å². The van der Waals surface area contributed by atoms with Crippen molar-refractivity contribution in [3.63, 3.8) is 0 Å². The minimum Gasteiger partial charge on any atom is -0.352 e. The highest BCUT2D eigenvalue weighted by Crippen LogP contribution is 2.35. The van der Waals surface area contributed by atoms with Crippen LogP contribution >= 0.6 is 0 Å². The van der Waals surface area contributed by atoms with Crippen molar-refractivity contribution >= 4 is 23.6 Å². The van der Waals surface area contributed by atoms with Crippen LogP contribution in [-0.2, 0) is 25.7 Å². The number of rotatable bonds is 9. The second-order valence-corrected chi connectivity index (χ2v) is 9.33. The van der Waals surface area contributed by atoms with Gasteiger partial charge in [-0.3, -0.25) is 24.1 Å². The topological polar surface area (TPSA) is 86.8 Å². The number of fused-ring (bicyclic) bond motifs is 1. The lowest BCUT2D eigenvalue weighted by atomic mass is 9.85. The molecule has 1 N–H and O–H groups in total. The molecule has 0 radical (unpaired) electrons. The number of likely N-dealkylation sites (tertiary alicyclic amines) is 1. The van der Waals surface area contributed by atoms with Crippen LogP contribution in [0.2, 0.25) is 0 Å². The smallest absolute Gasteiger partial charge is 0.243 e. The van der Waals surface area contributed by atoms with Crippen LogP contribution in [0.4, 0.5) is 0 Å². The number of amides is 4. The summed E-state index contributed by atoms with van der Waals surface area (Å²) in [5, 5.41) is 2.91. The second-order valence-electron chi connectivity index (χ2n) is 9.33. The highest BCUT2D eigenvalue weighted by molar-refractivity contribution is 6.05. The van der Waals surface area contributed by atoms with Crippen LogP contribution in [0, 0.1) is 18.8 Å². The zero-order chi connectivity index (χ0) is 24.1. The lowest BCUT2D eigenvalue weighted by molar-refractivity contribution is -0.144. The molecule has 0 bridgehead atoms. The molecule has 1 heterocycles. The van der Waals surface area contributed by atoms with E-state index in [4.69, 9.17) is 0 Å². The average Bonchev–Trinajstić information content (AvgIpc) is 3.01. The van der Waals surface area contributed by atoms with Gasteiger partial charge in [0.2, 0.25) is 23.6 Å². The van der Waals surface area contributed by atoms with Gasteiger partial charge in [-0.05, 0) is 45.6 Å². The number of hydrogen-bond acceptors (Lipinski definition) is 4. The maximum Gasteiger partial charge on any atom is 0.243 e. The minimum atomic E-state index is -0.628. The molecule has 3 rings (SSSR count). The lowest BCUT2D eigenvalue weighted by Crippen LogP contribution is -2.51. The Bertz CT molecular complexity index is 913. The fourth-order valence-corrected chi connectivity index (χ4v) is 4.75. The quantitative estimate of drug-likeness (QED) is 0.460. The molecule has 1 fully saturated rings. The predicted octanol–water partition coefficient (Wildman–Crippen LogP) is 2.97. The van der Waals surface area contributed by atoms with Gasteiger partial charge < -0.3 is 10.2 Å². The first-order valence-corrected chi connectivity index (χ1v) is 11.9. The van der Waals surface area contributed by atoms with Gasteiger partial charge in [-0.15, -0.1) is 0 Å². The molecule has 7 nitrogen and oxygen atoms in total. The van der Waals surface area contributed by atoms with Gasteiger partial charge in [-0.1, -0.05) is 48.9 Å². The van der Waals surface area contributed by atoms with Crippen molar-refractivity contribution in [2.24, 2.45) is 11.8 Å². The van der Waals surface area contributed by atoms with E-state index in [1.165, 1.54) is 4.90 Å².